The molecule has 0 aromatic carbocycles. The summed E-state index contributed by atoms with van der Waals surface area (Å²) in [7, 11) is 0. The molecule has 0 aromatic rings. The Bertz CT molecular complexity index is 191. The van der Waals surface area contributed by atoms with E-state index in [1.165, 1.54) is 0 Å². The third-order valence-electron chi connectivity index (χ3n) is 2.60. The van der Waals surface area contributed by atoms with Gasteiger partial charge in [0.05, 0.1) is 5.54 Å². The van der Waals surface area contributed by atoms with Gasteiger partial charge < -0.3 is 5.32 Å². The molecule has 0 heterocycles. The third-order valence-corrected chi connectivity index (χ3v) is 2.60. The molecule has 0 aliphatic carbocycles. The maximum Gasteiger partial charge on any atom is 0.207 e. The summed E-state index contributed by atoms with van der Waals surface area (Å²) >= 11 is 0. The van der Waals surface area contributed by atoms with Gasteiger partial charge in [0, 0.05) is 0 Å². The highest BCUT2D eigenvalue weighted by molar-refractivity contribution is 5.49. The molecular weight excluding hydrogens is 162 g/mol. The van der Waals surface area contributed by atoms with E-state index in [1.807, 2.05) is 6.92 Å². The third kappa shape index (κ3) is 3.21. The zero-order chi connectivity index (χ0) is 10.5. The first-order valence-electron chi connectivity index (χ1n) is 4.76. The Labute approximate surface area is 81.4 Å². The van der Waals surface area contributed by atoms with Crippen molar-refractivity contribution in [2.75, 3.05) is 0 Å². The molecule has 0 saturated carbocycles. The lowest BCUT2D eigenvalue weighted by atomic mass is 9.74. The molecule has 0 saturated heterocycles. The maximum atomic E-state index is 10.5. The summed E-state index contributed by atoms with van der Waals surface area (Å²) in [5.74, 6) is 0. The monoisotopic (exact) mass is 183 g/mol. The van der Waals surface area contributed by atoms with Crippen LogP contribution in [0.25, 0.3) is 0 Å². The molecule has 76 valence electrons. The fourth-order valence-corrected chi connectivity index (χ4v) is 0.991. The lowest BCUT2D eigenvalue weighted by molar-refractivity contribution is -0.111. The van der Waals surface area contributed by atoms with Crippen LogP contribution in [0.4, 0.5) is 0 Å². The SMILES string of the molecule is CCC=CC(C)(NC=O)C(C)(C)C. The van der Waals surface area contributed by atoms with Crippen molar-refractivity contribution in [2.45, 2.75) is 46.6 Å². The number of hydrogen-bond acceptors (Lipinski definition) is 1. The average molecular weight is 183 g/mol. The highest BCUT2D eigenvalue weighted by atomic mass is 16.1. The molecule has 0 rings (SSSR count). The Hall–Kier alpha value is -0.790. The van der Waals surface area contributed by atoms with Crippen molar-refractivity contribution in [2.24, 2.45) is 5.41 Å². The second-order valence-electron chi connectivity index (χ2n) is 4.53. The van der Waals surface area contributed by atoms with E-state index in [9.17, 15) is 4.79 Å². The van der Waals surface area contributed by atoms with Gasteiger partial charge in [-0.2, -0.15) is 0 Å². The number of rotatable bonds is 4. The van der Waals surface area contributed by atoms with Gasteiger partial charge in [-0.1, -0.05) is 39.8 Å². The first-order valence-corrected chi connectivity index (χ1v) is 4.76. The standard InChI is InChI=1S/C11H21NO/c1-6-7-8-11(5,12-9-13)10(2,3)4/h7-9H,6H2,1-5H3,(H,12,13). The minimum absolute atomic E-state index is 0.0274. The molecule has 1 N–H and O–H groups in total. The van der Waals surface area contributed by atoms with Crippen LogP contribution >= 0.6 is 0 Å². The fraction of sp³-hybridized carbons (Fsp3) is 0.727. The smallest absolute Gasteiger partial charge is 0.207 e. The van der Waals surface area contributed by atoms with E-state index >= 15 is 0 Å². The zero-order valence-corrected chi connectivity index (χ0v) is 9.35. The van der Waals surface area contributed by atoms with E-state index in [-0.39, 0.29) is 11.0 Å². The molecular formula is C11H21NO. The molecule has 0 aliphatic rings. The lowest BCUT2D eigenvalue weighted by Crippen LogP contribution is -2.50. The van der Waals surface area contributed by atoms with E-state index in [4.69, 9.17) is 0 Å². The predicted molar refractivity (Wildman–Crippen MR) is 56.5 cm³/mol. The molecule has 2 heteroatoms. The zero-order valence-electron chi connectivity index (χ0n) is 9.35. The van der Waals surface area contributed by atoms with Crippen LogP contribution in [0.15, 0.2) is 12.2 Å². The highest BCUT2D eigenvalue weighted by Crippen LogP contribution is 2.30. The highest BCUT2D eigenvalue weighted by Gasteiger charge is 2.34. The number of hydrogen-bond donors (Lipinski definition) is 1. The number of carbonyl (C=O) groups excluding carboxylic acids is 1. The first-order chi connectivity index (χ1) is 5.87. The van der Waals surface area contributed by atoms with E-state index in [0.717, 1.165) is 12.8 Å². The molecule has 13 heavy (non-hydrogen) atoms. The molecule has 2 nitrogen and oxygen atoms in total. The summed E-state index contributed by atoms with van der Waals surface area (Å²) in [4.78, 5) is 10.5. The second-order valence-corrected chi connectivity index (χ2v) is 4.53. The summed E-state index contributed by atoms with van der Waals surface area (Å²) in [6.45, 7) is 10.5. The van der Waals surface area contributed by atoms with Gasteiger partial charge in [-0.25, -0.2) is 0 Å². The van der Waals surface area contributed by atoms with Crippen molar-refractivity contribution in [1.29, 1.82) is 0 Å². The fourth-order valence-electron chi connectivity index (χ4n) is 0.991. The van der Waals surface area contributed by atoms with Crippen molar-refractivity contribution < 1.29 is 4.79 Å². The summed E-state index contributed by atoms with van der Waals surface area (Å²) in [6.07, 6.45) is 5.92. The van der Waals surface area contributed by atoms with E-state index in [0.29, 0.717) is 0 Å². The normalized spacial score (nSPS) is 17.0. The van der Waals surface area contributed by atoms with E-state index < -0.39 is 0 Å². The van der Waals surface area contributed by atoms with Crippen LogP contribution in [0.3, 0.4) is 0 Å². The average Bonchev–Trinajstić information content (AvgIpc) is 1.99. The Morgan fingerprint density at radius 3 is 2.08 bits per heavy atom. The minimum Gasteiger partial charge on any atom is -0.350 e. The Morgan fingerprint density at radius 2 is 1.77 bits per heavy atom. The molecule has 0 fully saturated rings. The largest absolute Gasteiger partial charge is 0.350 e. The van der Waals surface area contributed by atoms with Gasteiger partial charge in [0.15, 0.2) is 0 Å². The van der Waals surface area contributed by atoms with Crippen LogP contribution in [0.1, 0.15) is 41.0 Å². The summed E-state index contributed by atoms with van der Waals surface area (Å²) in [5.41, 5.74) is -0.232. The van der Waals surface area contributed by atoms with Crippen LogP contribution in [0.5, 0.6) is 0 Å². The molecule has 0 aromatic heterocycles. The molecule has 0 aliphatic heterocycles. The summed E-state index contributed by atoms with van der Waals surface area (Å²) < 4.78 is 0. The van der Waals surface area contributed by atoms with Crippen molar-refractivity contribution in [3.05, 3.63) is 12.2 Å². The maximum absolute atomic E-state index is 10.5. The van der Waals surface area contributed by atoms with Gasteiger partial charge in [-0.05, 0) is 18.8 Å². The second kappa shape index (κ2) is 4.45. The van der Waals surface area contributed by atoms with Crippen molar-refractivity contribution in [1.82, 2.24) is 5.32 Å². The van der Waals surface area contributed by atoms with Crippen molar-refractivity contribution in [3.63, 3.8) is 0 Å². The van der Waals surface area contributed by atoms with Crippen LogP contribution in [0, 0.1) is 5.41 Å². The Morgan fingerprint density at radius 1 is 1.23 bits per heavy atom. The van der Waals surface area contributed by atoms with Crippen LogP contribution in [-0.2, 0) is 4.79 Å². The summed E-state index contributed by atoms with van der Waals surface area (Å²) in [6, 6.07) is 0. The van der Waals surface area contributed by atoms with Gasteiger partial charge in [0.2, 0.25) is 6.41 Å². The Kier molecular flexibility index (Phi) is 4.18. The topological polar surface area (TPSA) is 29.1 Å². The first kappa shape index (κ1) is 12.2. The van der Waals surface area contributed by atoms with Crippen LogP contribution < -0.4 is 5.32 Å². The van der Waals surface area contributed by atoms with Gasteiger partial charge in [0.1, 0.15) is 0 Å². The van der Waals surface area contributed by atoms with E-state index in [1.54, 1.807) is 0 Å². The lowest BCUT2D eigenvalue weighted by Gasteiger charge is -2.39. The molecule has 0 radical (unpaired) electrons. The van der Waals surface area contributed by atoms with Crippen LogP contribution in [0.2, 0.25) is 0 Å². The number of allylic oxidation sites excluding steroid dienone is 1. The van der Waals surface area contributed by atoms with Gasteiger partial charge in [-0.15, -0.1) is 0 Å². The van der Waals surface area contributed by atoms with Gasteiger partial charge in [0.25, 0.3) is 0 Å². The summed E-state index contributed by atoms with van der Waals surface area (Å²) in [5, 5.41) is 2.87. The number of amides is 1. The molecule has 1 amide bonds. The Balaban J connectivity index is 4.72. The predicted octanol–water partition coefficient (Wildman–Crippen LogP) is 2.50. The quantitative estimate of drug-likeness (QED) is 0.526. The number of nitrogens with one attached hydrogen (secondary N) is 1. The van der Waals surface area contributed by atoms with Gasteiger partial charge >= 0.3 is 0 Å². The minimum atomic E-state index is -0.259. The van der Waals surface area contributed by atoms with E-state index in [2.05, 4.69) is 45.2 Å². The molecule has 1 atom stereocenters. The van der Waals surface area contributed by atoms with Crippen molar-refractivity contribution in [3.8, 4) is 0 Å². The molecule has 0 bridgehead atoms. The van der Waals surface area contributed by atoms with Gasteiger partial charge in [-0.3, -0.25) is 4.79 Å². The molecule has 1 unspecified atom stereocenters. The van der Waals surface area contributed by atoms with Crippen molar-refractivity contribution >= 4 is 6.41 Å². The van der Waals surface area contributed by atoms with Crippen LogP contribution in [-0.4, -0.2) is 11.9 Å². The number of carbonyl (C=O) groups is 1. The molecule has 0 spiro atoms.